The predicted octanol–water partition coefficient (Wildman–Crippen LogP) is 2.20. The molecule has 0 heterocycles. The molecule has 11 nitrogen and oxygen atoms in total. The lowest BCUT2D eigenvalue weighted by Crippen LogP contribution is -2.33. The number of rotatable bonds is 10. The van der Waals surface area contributed by atoms with E-state index in [9.17, 15) is 24.3 Å². The van der Waals surface area contributed by atoms with Gasteiger partial charge < -0.3 is 26.3 Å². The third-order valence-electron chi connectivity index (χ3n) is 4.13. The normalized spacial score (nSPS) is 10.6. The summed E-state index contributed by atoms with van der Waals surface area (Å²) in [5.74, 6) is 1.41. The summed E-state index contributed by atoms with van der Waals surface area (Å²) in [6.45, 7) is -0.476. The fraction of sp³-hybridized carbons (Fsp3) is 0.150. The second-order valence-electron chi connectivity index (χ2n) is 6.54. The number of carboxylic acids is 2. The van der Waals surface area contributed by atoms with Crippen molar-refractivity contribution in [3.8, 4) is 0 Å². The smallest absolute Gasteiger partial charge is 0.335 e. The van der Waals surface area contributed by atoms with Gasteiger partial charge in [-0.3, -0.25) is 14.4 Å². The minimum Gasteiger partial charge on any atom is -0.481 e. The monoisotopic (exact) mass is 495 g/mol. The van der Waals surface area contributed by atoms with Gasteiger partial charge in [0, 0.05) is 17.0 Å². The van der Waals surface area contributed by atoms with Crippen LogP contribution in [0.5, 0.6) is 0 Å². The second-order valence-corrected chi connectivity index (χ2v) is 7.39. The van der Waals surface area contributed by atoms with E-state index in [0.717, 1.165) is 12.4 Å². The van der Waals surface area contributed by atoms with E-state index in [-0.39, 0.29) is 45.4 Å². The zero-order valence-electron chi connectivity index (χ0n) is 16.9. The number of carbonyl (C=O) groups excluding carboxylic acids is 2. The van der Waals surface area contributed by atoms with E-state index < -0.39 is 30.3 Å². The number of aliphatic imine (C=N–C) groups is 1. The Labute approximate surface area is 197 Å². The van der Waals surface area contributed by atoms with Gasteiger partial charge in [0.25, 0.3) is 5.91 Å². The van der Waals surface area contributed by atoms with Gasteiger partial charge in [0.05, 0.1) is 28.5 Å². The molecule has 0 saturated carbocycles. The summed E-state index contributed by atoms with van der Waals surface area (Å²) in [5.41, 5.74) is 2.68. The summed E-state index contributed by atoms with van der Waals surface area (Å²) < 4.78 is 0. The number of carboxylic acid groups (broad SMARTS) is 2. The number of nitrogens with one attached hydrogen (secondary N) is 3. The summed E-state index contributed by atoms with van der Waals surface area (Å²) >= 11 is 12.1. The van der Waals surface area contributed by atoms with Crippen molar-refractivity contribution in [1.82, 2.24) is 10.7 Å². The summed E-state index contributed by atoms with van der Waals surface area (Å²) in [7, 11) is 0. The van der Waals surface area contributed by atoms with Gasteiger partial charge in [-0.15, -0.1) is 0 Å². The Kier molecular flexibility index (Phi) is 9.16. The van der Waals surface area contributed by atoms with Crippen LogP contribution in [-0.2, 0) is 16.0 Å². The predicted molar refractivity (Wildman–Crippen MR) is 122 cm³/mol. The number of hydrogen-bond acceptors (Lipinski definition) is 6. The molecule has 0 atom stereocenters. The van der Waals surface area contributed by atoms with Crippen LogP contribution in [0.25, 0.3) is 0 Å². The molecule has 0 bridgehead atoms. The second kappa shape index (κ2) is 11.8. The summed E-state index contributed by atoms with van der Waals surface area (Å²) in [6, 6.07) is 6.55. The fourth-order valence-electron chi connectivity index (χ4n) is 2.70. The Bertz CT molecular complexity index is 1120. The van der Waals surface area contributed by atoms with Crippen molar-refractivity contribution in [2.45, 2.75) is 12.8 Å². The SMILES string of the molecule is NNC=Nc1cc(C(=O)O)cc(C(=O)NCC(=O)Nc2c(Cl)cc(Cl)cc2CCC(=O)O)c1. The number of carbonyl (C=O) groups is 4. The van der Waals surface area contributed by atoms with E-state index in [4.69, 9.17) is 34.2 Å². The Morgan fingerprint density at radius 3 is 2.36 bits per heavy atom. The highest BCUT2D eigenvalue weighted by atomic mass is 35.5. The number of aromatic carboxylic acids is 1. The lowest BCUT2D eigenvalue weighted by molar-refractivity contribution is -0.137. The molecule has 13 heteroatoms. The summed E-state index contributed by atoms with van der Waals surface area (Å²) in [5, 5.41) is 23.4. The van der Waals surface area contributed by atoms with Gasteiger partial charge in [-0.1, -0.05) is 23.2 Å². The van der Waals surface area contributed by atoms with Crippen LogP contribution in [-0.4, -0.2) is 46.8 Å². The molecular formula is C20H19Cl2N5O6. The van der Waals surface area contributed by atoms with Gasteiger partial charge in [-0.05, 0) is 42.3 Å². The Morgan fingerprint density at radius 2 is 1.73 bits per heavy atom. The summed E-state index contributed by atoms with van der Waals surface area (Å²) in [6.07, 6.45) is 0.967. The van der Waals surface area contributed by atoms with Crippen LogP contribution in [0.3, 0.4) is 0 Å². The van der Waals surface area contributed by atoms with Crippen LogP contribution >= 0.6 is 23.2 Å². The molecular weight excluding hydrogens is 477 g/mol. The van der Waals surface area contributed by atoms with E-state index in [2.05, 4.69) is 21.1 Å². The Morgan fingerprint density at radius 1 is 1.03 bits per heavy atom. The van der Waals surface area contributed by atoms with E-state index in [1.807, 2.05) is 0 Å². The van der Waals surface area contributed by atoms with E-state index in [1.165, 1.54) is 24.3 Å². The van der Waals surface area contributed by atoms with E-state index in [0.29, 0.717) is 5.56 Å². The van der Waals surface area contributed by atoms with Gasteiger partial charge in [0.15, 0.2) is 0 Å². The number of anilines is 1. The van der Waals surface area contributed by atoms with Crippen molar-refractivity contribution >= 4 is 64.7 Å². The Hall–Kier alpha value is -3.67. The molecule has 2 aromatic rings. The molecule has 33 heavy (non-hydrogen) atoms. The average molecular weight is 496 g/mol. The number of nitrogens with two attached hydrogens (primary N) is 1. The Balaban J connectivity index is 2.13. The van der Waals surface area contributed by atoms with Gasteiger partial charge in [0.1, 0.15) is 6.34 Å². The maximum absolute atomic E-state index is 12.5. The molecule has 2 amide bonds. The number of amides is 2. The molecule has 0 aromatic heterocycles. The third-order valence-corrected chi connectivity index (χ3v) is 4.65. The minimum absolute atomic E-state index is 0.0430. The molecule has 7 N–H and O–H groups in total. The zero-order valence-corrected chi connectivity index (χ0v) is 18.4. The van der Waals surface area contributed by atoms with Crippen LogP contribution < -0.4 is 21.9 Å². The van der Waals surface area contributed by atoms with Crippen LogP contribution in [0.2, 0.25) is 10.0 Å². The van der Waals surface area contributed by atoms with Crippen molar-refractivity contribution in [2.75, 3.05) is 11.9 Å². The first kappa shape index (κ1) is 25.6. The van der Waals surface area contributed by atoms with Crippen molar-refractivity contribution in [2.24, 2.45) is 10.8 Å². The molecule has 0 radical (unpaired) electrons. The lowest BCUT2D eigenvalue weighted by Gasteiger charge is -2.14. The first-order valence-electron chi connectivity index (χ1n) is 9.25. The number of hydrazine groups is 1. The van der Waals surface area contributed by atoms with Crippen molar-refractivity contribution < 1.29 is 29.4 Å². The van der Waals surface area contributed by atoms with Gasteiger partial charge >= 0.3 is 11.9 Å². The molecule has 2 aromatic carbocycles. The maximum atomic E-state index is 12.5. The van der Waals surface area contributed by atoms with Crippen molar-refractivity contribution in [3.63, 3.8) is 0 Å². The standard InChI is InChI=1S/C20H19Cl2N5O6/c21-13-4-10(1-2-17(29)30)18(15(22)7-13)27-16(28)8-24-19(31)11-3-12(20(32)33)6-14(5-11)25-9-26-23/h3-7,9H,1-2,8,23H2,(H,24,31)(H,25,26)(H,27,28)(H,29,30)(H,32,33). The van der Waals surface area contributed by atoms with Gasteiger partial charge in [-0.25, -0.2) is 15.6 Å². The number of aryl methyl sites for hydroxylation is 1. The van der Waals surface area contributed by atoms with Crippen LogP contribution in [0.1, 0.15) is 32.7 Å². The minimum atomic E-state index is -1.27. The maximum Gasteiger partial charge on any atom is 0.335 e. The number of hydrogen-bond donors (Lipinski definition) is 6. The first-order chi connectivity index (χ1) is 15.6. The van der Waals surface area contributed by atoms with Gasteiger partial charge in [-0.2, -0.15) is 0 Å². The number of benzene rings is 2. The highest BCUT2D eigenvalue weighted by Crippen LogP contribution is 2.31. The molecule has 0 fully saturated rings. The van der Waals surface area contributed by atoms with Gasteiger partial charge in [0.2, 0.25) is 5.91 Å². The molecule has 0 spiro atoms. The lowest BCUT2D eigenvalue weighted by atomic mass is 10.1. The van der Waals surface area contributed by atoms with E-state index in [1.54, 1.807) is 0 Å². The zero-order chi connectivity index (χ0) is 24.5. The molecule has 0 saturated heterocycles. The van der Waals surface area contributed by atoms with Crippen LogP contribution in [0.15, 0.2) is 35.3 Å². The summed E-state index contributed by atoms with van der Waals surface area (Å²) in [4.78, 5) is 50.9. The molecule has 0 aliphatic rings. The van der Waals surface area contributed by atoms with Crippen molar-refractivity contribution in [3.05, 3.63) is 57.1 Å². The highest BCUT2D eigenvalue weighted by Gasteiger charge is 2.16. The first-order valence-corrected chi connectivity index (χ1v) is 10.0. The largest absolute Gasteiger partial charge is 0.481 e. The average Bonchev–Trinajstić information content (AvgIpc) is 2.76. The molecule has 2 rings (SSSR count). The van der Waals surface area contributed by atoms with Crippen molar-refractivity contribution in [1.29, 1.82) is 0 Å². The molecule has 174 valence electrons. The van der Waals surface area contributed by atoms with Crippen LogP contribution in [0.4, 0.5) is 11.4 Å². The fourth-order valence-corrected chi connectivity index (χ4v) is 3.29. The molecule has 0 aliphatic heterocycles. The third kappa shape index (κ3) is 7.75. The molecule has 0 unspecified atom stereocenters. The van der Waals surface area contributed by atoms with E-state index >= 15 is 0 Å². The topological polar surface area (TPSA) is 183 Å². The quantitative estimate of drug-likeness (QED) is 0.125. The molecule has 0 aliphatic carbocycles. The van der Waals surface area contributed by atoms with Crippen LogP contribution in [0, 0.1) is 0 Å². The highest BCUT2D eigenvalue weighted by molar-refractivity contribution is 6.37. The number of aliphatic carboxylic acids is 1. The number of halogens is 2. The number of nitrogens with zero attached hydrogens (tertiary/aromatic N) is 1.